The lowest BCUT2D eigenvalue weighted by Gasteiger charge is -2.37. The van der Waals surface area contributed by atoms with Crippen molar-refractivity contribution in [1.29, 1.82) is 0 Å². The molecule has 0 N–H and O–H groups in total. The minimum absolute atomic E-state index is 0.946. The lowest BCUT2D eigenvalue weighted by molar-refractivity contribution is 0.524. The Morgan fingerprint density at radius 3 is 1.15 bits per heavy atom. The number of para-hydroxylation sites is 2. The highest BCUT2D eigenvalue weighted by Crippen LogP contribution is 2.26. The fourth-order valence-electron chi connectivity index (χ4n) is 1.81. The molecule has 0 saturated carbocycles. The second-order valence-electron chi connectivity index (χ2n) is 5.85. The van der Waals surface area contributed by atoms with E-state index in [0.717, 1.165) is 11.5 Å². The van der Waals surface area contributed by atoms with Gasteiger partial charge in [0.1, 0.15) is 11.5 Å². The first kappa shape index (κ1) is 14.9. The summed E-state index contributed by atoms with van der Waals surface area (Å²) in [6, 6.07) is 20.1. The van der Waals surface area contributed by atoms with Crippen molar-refractivity contribution in [2.75, 3.05) is 0 Å². The SMILES string of the molecule is C[Si](C)(Oc1ccccc1)[Si](C)(C)Oc1ccccc1. The molecule has 0 radical (unpaired) electrons. The molecule has 0 spiro atoms. The summed E-state index contributed by atoms with van der Waals surface area (Å²) >= 11 is 0. The molecular formula is C16H22O2Si2. The summed E-state index contributed by atoms with van der Waals surface area (Å²) in [5.41, 5.74) is 0. The molecule has 0 atom stereocenters. The van der Waals surface area contributed by atoms with E-state index in [1.165, 1.54) is 0 Å². The second-order valence-corrected chi connectivity index (χ2v) is 19.5. The third kappa shape index (κ3) is 3.52. The summed E-state index contributed by atoms with van der Waals surface area (Å²) in [5, 5.41) is 0. The first-order chi connectivity index (χ1) is 9.41. The van der Waals surface area contributed by atoms with Crippen LogP contribution in [-0.2, 0) is 0 Å². The Kier molecular flexibility index (Phi) is 4.35. The zero-order chi connectivity index (χ0) is 14.6. The van der Waals surface area contributed by atoms with Crippen LogP contribution in [0.2, 0.25) is 26.2 Å². The minimum atomic E-state index is -1.94. The van der Waals surface area contributed by atoms with Gasteiger partial charge < -0.3 is 8.85 Å². The van der Waals surface area contributed by atoms with Gasteiger partial charge in [0.2, 0.25) is 0 Å². The highest BCUT2D eigenvalue weighted by atomic mass is 29.3. The summed E-state index contributed by atoms with van der Waals surface area (Å²) < 4.78 is 12.6. The van der Waals surface area contributed by atoms with Gasteiger partial charge in [0.05, 0.1) is 0 Å². The van der Waals surface area contributed by atoms with Crippen LogP contribution in [0.4, 0.5) is 0 Å². The monoisotopic (exact) mass is 302 g/mol. The zero-order valence-electron chi connectivity index (χ0n) is 12.6. The van der Waals surface area contributed by atoms with E-state index >= 15 is 0 Å². The molecule has 0 unspecified atom stereocenters. The van der Waals surface area contributed by atoms with Crippen LogP contribution >= 0.6 is 0 Å². The van der Waals surface area contributed by atoms with Gasteiger partial charge in [-0.1, -0.05) is 36.4 Å². The van der Waals surface area contributed by atoms with E-state index in [2.05, 4.69) is 26.2 Å². The standard InChI is InChI=1S/C16H22O2Si2/c1-19(2,17-15-11-7-5-8-12-15)20(3,4)18-16-13-9-6-10-14-16/h5-14H,1-4H3. The van der Waals surface area contributed by atoms with Gasteiger partial charge >= 0.3 is 0 Å². The average molecular weight is 303 g/mol. The summed E-state index contributed by atoms with van der Waals surface area (Å²) in [7, 11) is -3.88. The van der Waals surface area contributed by atoms with Crippen LogP contribution in [-0.4, -0.2) is 15.7 Å². The first-order valence-corrected chi connectivity index (χ1v) is 13.7. The lowest BCUT2D eigenvalue weighted by atomic mass is 10.3. The molecule has 106 valence electrons. The van der Waals surface area contributed by atoms with Crippen molar-refractivity contribution in [2.45, 2.75) is 26.2 Å². The quantitative estimate of drug-likeness (QED) is 0.750. The van der Waals surface area contributed by atoms with E-state index < -0.39 is 15.7 Å². The Morgan fingerprint density at radius 2 is 0.850 bits per heavy atom. The van der Waals surface area contributed by atoms with E-state index in [0.29, 0.717) is 0 Å². The normalized spacial score (nSPS) is 12.0. The molecule has 0 fully saturated rings. The number of rotatable bonds is 5. The largest absolute Gasteiger partial charge is 0.543 e. The van der Waals surface area contributed by atoms with Gasteiger partial charge in [-0.2, -0.15) is 0 Å². The maximum atomic E-state index is 6.31. The fourth-order valence-corrected chi connectivity index (χ4v) is 5.94. The molecule has 2 aromatic rings. The number of benzene rings is 2. The van der Waals surface area contributed by atoms with E-state index in [1.807, 2.05) is 60.7 Å². The molecule has 2 aromatic carbocycles. The Morgan fingerprint density at radius 1 is 0.550 bits per heavy atom. The smallest absolute Gasteiger partial charge is 0.274 e. The molecule has 0 amide bonds. The van der Waals surface area contributed by atoms with Crippen LogP contribution in [0.5, 0.6) is 11.5 Å². The van der Waals surface area contributed by atoms with Gasteiger partial charge in [-0.15, -0.1) is 0 Å². The third-order valence-electron chi connectivity index (χ3n) is 3.68. The van der Waals surface area contributed by atoms with E-state index in [4.69, 9.17) is 8.85 Å². The maximum absolute atomic E-state index is 6.31. The molecule has 0 bridgehead atoms. The van der Waals surface area contributed by atoms with Crippen molar-refractivity contribution in [3.8, 4) is 11.5 Å². The van der Waals surface area contributed by atoms with Gasteiger partial charge in [0.25, 0.3) is 15.7 Å². The van der Waals surface area contributed by atoms with Crippen LogP contribution in [0.25, 0.3) is 0 Å². The van der Waals surface area contributed by atoms with E-state index in [-0.39, 0.29) is 0 Å². The lowest BCUT2D eigenvalue weighted by Crippen LogP contribution is -2.63. The van der Waals surface area contributed by atoms with Gasteiger partial charge in [0, 0.05) is 0 Å². The van der Waals surface area contributed by atoms with Crippen molar-refractivity contribution < 1.29 is 8.85 Å². The molecule has 0 aliphatic carbocycles. The zero-order valence-corrected chi connectivity index (χ0v) is 14.6. The van der Waals surface area contributed by atoms with Gasteiger partial charge in [-0.05, 0) is 50.5 Å². The number of hydrogen-bond donors (Lipinski definition) is 0. The number of hydrogen-bond acceptors (Lipinski definition) is 2. The van der Waals surface area contributed by atoms with Crippen molar-refractivity contribution >= 4 is 15.7 Å². The molecule has 0 aliphatic heterocycles. The second kappa shape index (κ2) is 5.85. The van der Waals surface area contributed by atoms with Crippen LogP contribution in [0.15, 0.2) is 60.7 Å². The van der Waals surface area contributed by atoms with Gasteiger partial charge in [0.15, 0.2) is 0 Å². The summed E-state index contributed by atoms with van der Waals surface area (Å²) in [5.74, 6) is 1.89. The highest BCUT2D eigenvalue weighted by Gasteiger charge is 2.48. The van der Waals surface area contributed by atoms with E-state index in [1.54, 1.807) is 0 Å². The van der Waals surface area contributed by atoms with Crippen LogP contribution in [0.3, 0.4) is 0 Å². The Balaban J connectivity index is 2.14. The van der Waals surface area contributed by atoms with E-state index in [9.17, 15) is 0 Å². The van der Waals surface area contributed by atoms with Crippen molar-refractivity contribution in [3.05, 3.63) is 60.7 Å². The predicted octanol–water partition coefficient (Wildman–Crippen LogP) is 4.63. The van der Waals surface area contributed by atoms with Crippen molar-refractivity contribution in [2.24, 2.45) is 0 Å². The maximum Gasteiger partial charge on any atom is 0.274 e. The molecule has 2 rings (SSSR count). The van der Waals surface area contributed by atoms with Crippen molar-refractivity contribution in [1.82, 2.24) is 0 Å². The van der Waals surface area contributed by atoms with Gasteiger partial charge in [-0.25, -0.2) is 0 Å². The molecular weight excluding hydrogens is 280 g/mol. The molecule has 0 aliphatic rings. The van der Waals surface area contributed by atoms with Crippen LogP contribution in [0.1, 0.15) is 0 Å². The highest BCUT2D eigenvalue weighted by molar-refractivity contribution is 7.36. The summed E-state index contributed by atoms with van der Waals surface area (Å²) in [4.78, 5) is 0. The molecule has 0 aromatic heterocycles. The average Bonchev–Trinajstić information content (AvgIpc) is 2.40. The van der Waals surface area contributed by atoms with Crippen molar-refractivity contribution in [3.63, 3.8) is 0 Å². The molecule has 2 nitrogen and oxygen atoms in total. The summed E-state index contributed by atoms with van der Waals surface area (Å²) in [6.07, 6.45) is 0. The Hall–Kier alpha value is -1.53. The third-order valence-corrected chi connectivity index (χ3v) is 17.4. The topological polar surface area (TPSA) is 18.5 Å². The van der Waals surface area contributed by atoms with Crippen LogP contribution < -0.4 is 8.85 Å². The first-order valence-electron chi connectivity index (χ1n) is 6.89. The van der Waals surface area contributed by atoms with Crippen LogP contribution in [0, 0.1) is 0 Å². The molecule has 0 saturated heterocycles. The predicted molar refractivity (Wildman–Crippen MR) is 89.1 cm³/mol. The molecule has 4 heteroatoms. The minimum Gasteiger partial charge on any atom is -0.543 e. The molecule has 0 heterocycles. The Labute approximate surface area is 123 Å². The van der Waals surface area contributed by atoms with Gasteiger partial charge in [-0.3, -0.25) is 0 Å². The fraction of sp³-hybridized carbons (Fsp3) is 0.250. The molecule has 20 heavy (non-hydrogen) atoms. The summed E-state index contributed by atoms with van der Waals surface area (Å²) in [6.45, 7) is 8.98. The Bertz CT molecular complexity index is 487.